The molecule has 1 fully saturated rings. The molecule has 0 amide bonds. The van der Waals surface area contributed by atoms with Crippen molar-refractivity contribution in [3.8, 4) is 0 Å². The average Bonchev–Trinajstić information content (AvgIpc) is 3.12. The lowest BCUT2D eigenvalue weighted by molar-refractivity contribution is 0.420. The van der Waals surface area contributed by atoms with Gasteiger partial charge in [0.25, 0.3) is 0 Å². The standard InChI is InChI=1S/C13H21N3O2S/c1-4-16(12-5-6-12)19(17,18)13-9(2)7-11(15-14)8-10(13)3/h7-8,12,15H,4-6,14H2,1-3H3. The Labute approximate surface area is 114 Å². The fraction of sp³-hybridized carbons (Fsp3) is 0.538. The number of anilines is 1. The summed E-state index contributed by atoms with van der Waals surface area (Å²) >= 11 is 0. The lowest BCUT2D eigenvalue weighted by Gasteiger charge is -2.23. The summed E-state index contributed by atoms with van der Waals surface area (Å²) in [6.07, 6.45) is 1.93. The molecule has 1 aliphatic carbocycles. The van der Waals surface area contributed by atoms with E-state index in [1.807, 2.05) is 20.8 Å². The van der Waals surface area contributed by atoms with E-state index in [4.69, 9.17) is 5.84 Å². The van der Waals surface area contributed by atoms with Crippen molar-refractivity contribution >= 4 is 15.7 Å². The second kappa shape index (κ2) is 5.11. The molecule has 0 unspecified atom stereocenters. The fourth-order valence-electron chi connectivity index (χ4n) is 2.54. The molecule has 1 saturated carbocycles. The van der Waals surface area contributed by atoms with Crippen molar-refractivity contribution in [1.29, 1.82) is 0 Å². The highest BCUT2D eigenvalue weighted by Gasteiger charge is 2.38. The summed E-state index contributed by atoms with van der Waals surface area (Å²) in [6.45, 7) is 6.02. The first-order valence-electron chi connectivity index (χ1n) is 6.51. The van der Waals surface area contributed by atoms with Crippen molar-refractivity contribution in [3.05, 3.63) is 23.3 Å². The van der Waals surface area contributed by atoms with Crippen molar-refractivity contribution in [1.82, 2.24) is 4.31 Å². The van der Waals surface area contributed by atoms with Gasteiger partial charge in [-0.3, -0.25) is 5.84 Å². The molecule has 0 aromatic heterocycles. The third-order valence-corrected chi connectivity index (χ3v) is 5.79. The summed E-state index contributed by atoms with van der Waals surface area (Å²) in [5, 5.41) is 0. The van der Waals surface area contributed by atoms with E-state index in [2.05, 4.69) is 5.43 Å². The first-order chi connectivity index (χ1) is 8.91. The minimum absolute atomic E-state index is 0.182. The number of hydrazine groups is 1. The maximum atomic E-state index is 12.8. The van der Waals surface area contributed by atoms with Crippen molar-refractivity contribution in [2.45, 2.75) is 44.6 Å². The van der Waals surface area contributed by atoms with Gasteiger partial charge in [-0.25, -0.2) is 8.42 Å². The van der Waals surface area contributed by atoms with Gasteiger partial charge in [0.05, 0.1) is 4.90 Å². The van der Waals surface area contributed by atoms with Gasteiger partial charge < -0.3 is 5.43 Å². The monoisotopic (exact) mass is 283 g/mol. The van der Waals surface area contributed by atoms with Gasteiger partial charge in [0, 0.05) is 18.3 Å². The first-order valence-corrected chi connectivity index (χ1v) is 7.95. The van der Waals surface area contributed by atoms with Gasteiger partial charge in [-0.2, -0.15) is 4.31 Å². The molecule has 0 heterocycles. The summed E-state index contributed by atoms with van der Waals surface area (Å²) in [5.41, 5.74) is 4.74. The maximum Gasteiger partial charge on any atom is 0.243 e. The summed E-state index contributed by atoms with van der Waals surface area (Å²) in [5.74, 6) is 5.38. The molecule has 0 spiro atoms. The van der Waals surface area contributed by atoms with Crippen molar-refractivity contribution < 1.29 is 8.42 Å². The number of nitrogens with zero attached hydrogens (tertiary/aromatic N) is 1. The van der Waals surface area contributed by atoms with E-state index in [-0.39, 0.29) is 6.04 Å². The second-order valence-electron chi connectivity index (χ2n) is 5.02. The summed E-state index contributed by atoms with van der Waals surface area (Å²) in [4.78, 5) is 0.417. The molecule has 0 atom stereocenters. The van der Waals surface area contributed by atoms with Crippen LogP contribution in [0.25, 0.3) is 0 Å². The van der Waals surface area contributed by atoms with E-state index in [0.29, 0.717) is 11.4 Å². The molecule has 2 rings (SSSR count). The first kappa shape index (κ1) is 14.3. The molecule has 0 aliphatic heterocycles. The number of hydrogen-bond acceptors (Lipinski definition) is 4. The number of nitrogens with two attached hydrogens (primary N) is 1. The molecule has 0 saturated heterocycles. The smallest absolute Gasteiger partial charge is 0.243 e. The predicted molar refractivity (Wildman–Crippen MR) is 76.3 cm³/mol. The van der Waals surface area contributed by atoms with E-state index in [9.17, 15) is 8.42 Å². The molecule has 1 aromatic rings. The third kappa shape index (κ3) is 2.61. The summed E-state index contributed by atoms with van der Waals surface area (Å²) in [7, 11) is -3.41. The van der Waals surface area contributed by atoms with Gasteiger partial charge in [-0.15, -0.1) is 0 Å². The zero-order valence-electron chi connectivity index (χ0n) is 11.6. The van der Waals surface area contributed by atoms with E-state index in [0.717, 1.165) is 29.7 Å². The Bertz CT molecular complexity index is 557. The third-order valence-electron chi connectivity index (χ3n) is 3.46. The van der Waals surface area contributed by atoms with Crippen LogP contribution >= 0.6 is 0 Å². The molecule has 1 aliphatic rings. The Morgan fingerprint density at radius 1 is 1.32 bits per heavy atom. The lowest BCUT2D eigenvalue weighted by atomic mass is 10.1. The van der Waals surface area contributed by atoms with Gasteiger partial charge in [0.15, 0.2) is 0 Å². The SMILES string of the molecule is CCN(C1CC1)S(=O)(=O)c1c(C)cc(NN)cc1C. The zero-order valence-corrected chi connectivity index (χ0v) is 12.4. The van der Waals surface area contributed by atoms with Crippen LogP contribution in [0.15, 0.2) is 17.0 Å². The zero-order chi connectivity index (χ0) is 14.2. The van der Waals surface area contributed by atoms with Crippen LogP contribution in [0, 0.1) is 13.8 Å². The molecular formula is C13H21N3O2S. The van der Waals surface area contributed by atoms with Crippen LogP contribution < -0.4 is 11.3 Å². The summed E-state index contributed by atoms with van der Waals surface area (Å²) in [6, 6.07) is 3.71. The highest BCUT2D eigenvalue weighted by atomic mass is 32.2. The molecule has 0 bridgehead atoms. The molecule has 0 radical (unpaired) electrons. The molecule has 106 valence electrons. The molecule has 19 heavy (non-hydrogen) atoms. The van der Waals surface area contributed by atoms with E-state index < -0.39 is 10.0 Å². The van der Waals surface area contributed by atoms with Crippen LogP contribution in [0.3, 0.4) is 0 Å². The number of aryl methyl sites for hydroxylation is 2. The number of nitrogens with one attached hydrogen (secondary N) is 1. The van der Waals surface area contributed by atoms with E-state index in [1.165, 1.54) is 0 Å². The van der Waals surface area contributed by atoms with Gasteiger partial charge >= 0.3 is 0 Å². The Kier molecular flexibility index (Phi) is 3.85. The minimum atomic E-state index is -3.41. The average molecular weight is 283 g/mol. The van der Waals surface area contributed by atoms with Crippen LogP contribution in [0.4, 0.5) is 5.69 Å². The van der Waals surface area contributed by atoms with Crippen LogP contribution in [0.1, 0.15) is 30.9 Å². The van der Waals surface area contributed by atoms with Gasteiger partial charge in [-0.1, -0.05) is 6.92 Å². The van der Waals surface area contributed by atoms with E-state index in [1.54, 1.807) is 16.4 Å². The largest absolute Gasteiger partial charge is 0.324 e. The topological polar surface area (TPSA) is 75.4 Å². The minimum Gasteiger partial charge on any atom is -0.324 e. The molecule has 5 nitrogen and oxygen atoms in total. The fourth-order valence-corrected chi connectivity index (χ4v) is 4.65. The van der Waals surface area contributed by atoms with Crippen molar-refractivity contribution in [2.24, 2.45) is 5.84 Å². The normalized spacial score (nSPS) is 15.8. The number of rotatable bonds is 5. The van der Waals surface area contributed by atoms with Gasteiger partial charge in [-0.05, 0) is 49.9 Å². The maximum absolute atomic E-state index is 12.8. The van der Waals surface area contributed by atoms with Crippen LogP contribution in [-0.2, 0) is 10.0 Å². The Balaban J connectivity index is 2.51. The molecule has 3 N–H and O–H groups in total. The highest BCUT2D eigenvalue weighted by Crippen LogP contribution is 2.34. The number of hydrogen-bond donors (Lipinski definition) is 2. The van der Waals surface area contributed by atoms with Crippen LogP contribution in [0.5, 0.6) is 0 Å². The Morgan fingerprint density at radius 3 is 2.21 bits per heavy atom. The van der Waals surface area contributed by atoms with Crippen LogP contribution in [0.2, 0.25) is 0 Å². The lowest BCUT2D eigenvalue weighted by Crippen LogP contribution is -2.33. The number of nitrogen functional groups attached to an aromatic ring is 1. The summed E-state index contributed by atoms with van der Waals surface area (Å²) < 4.78 is 27.1. The number of sulfonamides is 1. The second-order valence-corrected chi connectivity index (χ2v) is 6.85. The highest BCUT2D eigenvalue weighted by molar-refractivity contribution is 7.89. The van der Waals surface area contributed by atoms with Gasteiger partial charge in [0.2, 0.25) is 10.0 Å². The van der Waals surface area contributed by atoms with Crippen molar-refractivity contribution in [3.63, 3.8) is 0 Å². The van der Waals surface area contributed by atoms with Crippen molar-refractivity contribution in [2.75, 3.05) is 12.0 Å². The number of benzene rings is 1. The van der Waals surface area contributed by atoms with E-state index >= 15 is 0 Å². The quantitative estimate of drug-likeness (QED) is 0.638. The van der Waals surface area contributed by atoms with Crippen LogP contribution in [-0.4, -0.2) is 25.3 Å². The predicted octanol–water partition coefficient (Wildman–Crippen LogP) is 1.76. The Hall–Kier alpha value is -1.11. The van der Waals surface area contributed by atoms with Gasteiger partial charge in [0.1, 0.15) is 0 Å². The Morgan fingerprint density at radius 2 is 1.84 bits per heavy atom. The molecule has 1 aromatic carbocycles. The molecular weight excluding hydrogens is 262 g/mol. The molecule has 6 heteroatoms.